The third kappa shape index (κ3) is 6.51. The molecule has 1 aliphatic rings. The van der Waals surface area contributed by atoms with Gasteiger partial charge >= 0.3 is 6.18 Å². The molecule has 216 valence electrons. The third-order valence-electron chi connectivity index (χ3n) is 6.95. The summed E-state index contributed by atoms with van der Waals surface area (Å²) in [6.45, 7) is 1.94. The van der Waals surface area contributed by atoms with Crippen LogP contribution in [0.15, 0.2) is 78.9 Å². The average molecular weight is 604 g/mol. The van der Waals surface area contributed by atoms with Gasteiger partial charge in [-0.3, -0.25) is 14.5 Å². The number of halogens is 4. The van der Waals surface area contributed by atoms with E-state index in [0.29, 0.717) is 33.0 Å². The van der Waals surface area contributed by atoms with Crippen LogP contribution >= 0.6 is 27.0 Å². The zero-order valence-corrected chi connectivity index (χ0v) is 24.2. The number of aromatic nitrogens is 2. The molecule has 4 aromatic rings. The van der Waals surface area contributed by atoms with Crippen molar-refractivity contribution >= 4 is 44.5 Å². The summed E-state index contributed by atoms with van der Waals surface area (Å²) in [7, 11) is 0. The molecule has 1 aromatic heterocycles. The molecule has 0 fully saturated rings. The minimum Gasteiger partial charge on any atom is -0.294 e. The Balaban J connectivity index is 0.00000231. The van der Waals surface area contributed by atoms with Crippen LogP contribution in [0.2, 0.25) is 0 Å². The Bertz CT molecular complexity index is 1540. The van der Waals surface area contributed by atoms with Crippen LogP contribution in [0.25, 0.3) is 5.69 Å². The molecule has 0 saturated heterocycles. The van der Waals surface area contributed by atoms with Crippen LogP contribution in [0.1, 0.15) is 45.1 Å². The van der Waals surface area contributed by atoms with Crippen molar-refractivity contribution in [3.63, 3.8) is 0 Å². The van der Waals surface area contributed by atoms with Crippen LogP contribution in [0.5, 0.6) is 0 Å². The topological polar surface area (TPSA) is 55.2 Å². The molecule has 1 aliphatic heterocycles. The van der Waals surface area contributed by atoms with Crippen molar-refractivity contribution in [3.8, 4) is 5.69 Å². The number of benzene rings is 3. The molecule has 0 N–H and O–H groups in total. The van der Waals surface area contributed by atoms with Crippen molar-refractivity contribution < 1.29 is 27.2 Å². The second-order valence-corrected chi connectivity index (χ2v) is 9.74. The Kier molecular flexibility index (Phi) is 9.76. The number of fused-ring (bicyclic) bond motifs is 1. The molecule has 2 atom stereocenters. The maximum atomic E-state index is 14.0. The molecule has 0 saturated carbocycles. The van der Waals surface area contributed by atoms with E-state index >= 15 is 0 Å². The molecule has 5 rings (SSSR count). The molecule has 0 unspecified atom stereocenters. The smallest absolute Gasteiger partial charge is 0.294 e. The number of Topliss-reactive ketones (excluding diaryl/α,β-unsaturated/α-hetero) is 1. The molecule has 5 nitrogen and oxygen atoms in total. The number of anilines is 1. The predicted molar refractivity (Wildman–Crippen MR) is 159 cm³/mol. The Morgan fingerprint density at radius 1 is 0.927 bits per heavy atom. The number of para-hydroxylation sites is 1. The summed E-state index contributed by atoms with van der Waals surface area (Å²) in [6.07, 6.45) is -5.03. The molecule has 0 bridgehead atoms. The first-order chi connectivity index (χ1) is 18.5. The lowest BCUT2D eigenvalue weighted by molar-refractivity contribution is -0.135. The molecule has 0 aliphatic carbocycles. The lowest BCUT2D eigenvalue weighted by Crippen LogP contribution is -2.49. The van der Waals surface area contributed by atoms with Gasteiger partial charge in [-0.2, -0.15) is 45.3 Å². The van der Waals surface area contributed by atoms with Crippen molar-refractivity contribution in [1.29, 1.82) is 0 Å². The van der Waals surface area contributed by atoms with E-state index in [0.717, 1.165) is 5.56 Å². The predicted octanol–water partition coefficient (Wildman–Crippen LogP) is 6.78. The van der Waals surface area contributed by atoms with Crippen molar-refractivity contribution in [2.24, 2.45) is 5.92 Å². The van der Waals surface area contributed by atoms with Gasteiger partial charge in [-0.25, -0.2) is 9.07 Å². The summed E-state index contributed by atoms with van der Waals surface area (Å²) in [5.74, 6) is -3.69. The van der Waals surface area contributed by atoms with Gasteiger partial charge in [0.25, 0.3) is 0 Å². The highest BCUT2D eigenvalue weighted by Gasteiger charge is 2.48. The van der Waals surface area contributed by atoms with Crippen molar-refractivity contribution in [2.75, 3.05) is 11.4 Å². The van der Waals surface area contributed by atoms with E-state index in [1.54, 1.807) is 55.5 Å². The number of hydrogen-bond acceptors (Lipinski definition) is 3. The van der Waals surface area contributed by atoms with Crippen LogP contribution in [-0.4, -0.2) is 34.2 Å². The van der Waals surface area contributed by atoms with Gasteiger partial charge in [-0.05, 0) is 49.7 Å². The lowest BCUT2D eigenvalue weighted by atomic mass is 9.74. The van der Waals surface area contributed by atoms with E-state index in [1.165, 1.54) is 28.9 Å². The fourth-order valence-electron chi connectivity index (χ4n) is 5.29. The monoisotopic (exact) mass is 603 g/mol. The largest absolute Gasteiger partial charge is 0.406 e. The van der Waals surface area contributed by atoms with E-state index in [-0.39, 0.29) is 45.0 Å². The summed E-state index contributed by atoms with van der Waals surface area (Å²) in [5.41, 5.74) is 3.01. The number of carbonyl (C=O) groups is 2. The van der Waals surface area contributed by atoms with Crippen LogP contribution < -0.4 is 4.90 Å². The second-order valence-electron chi connectivity index (χ2n) is 9.74. The maximum Gasteiger partial charge on any atom is 0.406 e. The van der Waals surface area contributed by atoms with Crippen LogP contribution in [-0.2, 0) is 4.79 Å². The summed E-state index contributed by atoms with van der Waals surface area (Å²) < 4.78 is 56.9. The first kappa shape index (κ1) is 32.0. The number of ketones is 1. The van der Waals surface area contributed by atoms with Crippen molar-refractivity contribution in [2.45, 2.75) is 32.4 Å². The number of carbonyl (C=O) groups excluding carboxylic acids is 2. The lowest BCUT2D eigenvalue weighted by Gasteiger charge is -2.38. The van der Waals surface area contributed by atoms with Gasteiger partial charge in [0.2, 0.25) is 5.91 Å². The summed E-state index contributed by atoms with van der Waals surface area (Å²) >= 11 is 0. The quantitative estimate of drug-likeness (QED) is 0.180. The van der Waals surface area contributed by atoms with Crippen LogP contribution in [0.3, 0.4) is 0 Å². The Morgan fingerprint density at radius 2 is 1.59 bits per heavy atom. The van der Waals surface area contributed by atoms with Crippen LogP contribution in [0.4, 0.5) is 23.4 Å². The summed E-state index contributed by atoms with van der Waals surface area (Å²) in [4.78, 5) is 28.1. The molecule has 0 spiro atoms. The number of amides is 1. The van der Waals surface area contributed by atoms with E-state index in [1.807, 2.05) is 13.0 Å². The summed E-state index contributed by atoms with van der Waals surface area (Å²) in [5, 5.41) is 4.55. The Morgan fingerprint density at radius 3 is 2.20 bits per heavy atom. The van der Waals surface area contributed by atoms with E-state index in [9.17, 15) is 27.2 Å². The fourth-order valence-corrected chi connectivity index (χ4v) is 5.29. The molecular weight excluding hydrogens is 574 g/mol. The van der Waals surface area contributed by atoms with Gasteiger partial charge in [0.05, 0.1) is 17.3 Å². The van der Waals surface area contributed by atoms with E-state index in [2.05, 4.69) is 5.10 Å². The first-order valence-corrected chi connectivity index (χ1v) is 12.4. The highest BCUT2D eigenvalue weighted by atomic mass is 32.1. The minimum atomic E-state index is -4.71. The molecule has 2 heterocycles. The van der Waals surface area contributed by atoms with Gasteiger partial charge in [0, 0.05) is 23.5 Å². The number of nitrogens with zero attached hydrogens (tertiary/aromatic N) is 3. The maximum absolute atomic E-state index is 14.0. The van der Waals surface area contributed by atoms with Gasteiger partial charge < -0.3 is 0 Å². The van der Waals surface area contributed by atoms with Gasteiger partial charge in [-0.1, -0.05) is 54.1 Å². The van der Waals surface area contributed by atoms with Gasteiger partial charge in [-0.15, -0.1) is 0 Å². The number of alkyl halides is 3. The average Bonchev–Trinajstić information content (AvgIpc) is 3.24. The SMILES string of the molecule is Cc1cccc(C(=O)C[C@@H]2C(=O)N(CC(F)(F)F)c3c(c(C)nn3-c3ccccc3)[C@@H]2c2ccc(F)cc2)c1.S.S. The number of aryl methyl sites for hydroxylation is 2. The molecule has 11 heteroatoms. The minimum absolute atomic E-state index is 0. The normalized spacial score (nSPS) is 16.4. The zero-order chi connectivity index (χ0) is 27.9. The number of rotatable bonds is 6. The number of hydrogen-bond donors (Lipinski definition) is 0. The molecule has 0 radical (unpaired) electrons. The zero-order valence-electron chi connectivity index (χ0n) is 22.2. The van der Waals surface area contributed by atoms with E-state index < -0.39 is 36.3 Å². The van der Waals surface area contributed by atoms with Crippen molar-refractivity contribution in [1.82, 2.24) is 9.78 Å². The second kappa shape index (κ2) is 12.5. The van der Waals surface area contributed by atoms with Gasteiger partial charge in [0.1, 0.15) is 18.2 Å². The molecule has 3 aromatic carbocycles. The standard InChI is InChI=1S/C30H25F4N3O2.2H2S/c1-18-7-6-8-21(15-18)25(38)16-24-27(20-11-13-22(31)14-12-20)26-19(2)35-37(23-9-4-3-5-10-23)28(26)36(29(24)39)17-30(32,33)34;;/h3-15,24,27H,16-17H2,1-2H3;2*1H2/t24-,27+;;/m0../s1. The highest BCUT2D eigenvalue weighted by Crippen LogP contribution is 2.48. The van der Waals surface area contributed by atoms with Crippen LogP contribution in [0, 0.1) is 25.6 Å². The molecule has 1 amide bonds. The highest BCUT2D eigenvalue weighted by molar-refractivity contribution is 7.59. The Hall–Kier alpha value is -3.57. The van der Waals surface area contributed by atoms with E-state index in [4.69, 9.17) is 0 Å². The summed E-state index contributed by atoms with van der Waals surface area (Å²) in [6, 6.07) is 20.9. The van der Waals surface area contributed by atoms with Crippen molar-refractivity contribution in [3.05, 3.63) is 113 Å². The molecular formula is C30H29F4N3O2S2. The first-order valence-electron chi connectivity index (χ1n) is 12.4. The fraction of sp³-hybridized carbons (Fsp3) is 0.233. The third-order valence-corrected chi connectivity index (χ3v) is 6.95. The molecule has 41 heavy (non-hydrogen) atoms. The Labute approximate surface area is 249 Å². The van der Waals surface area contributed by atoms with Gasteiger partial charge in [0.15, 0.2) is 5.78 Å².